The number of halogens is 2. The second-order valence-electron chi connectivity index (χ2n) is 5.48. The molecule has 0 bridgehead atoms. The van der Waals surface area contributed by atoms with E-state index in [2.05, 4.69) is 0 Å². The standard InChI is InChI=1S/C15H19F2NO2/c1-3-15(14(19)20)7-8-18(9-15)10(2)11-5-4-6-12(16)13(11)17/h4-6,10H,3,7-9H2,1-2H3,(H,19,20). The minimum atomic E-state index is -0.867. The Balaban J connectivity index is 2.21. The molecule has 5 heteroatoms. The first-order chi connectivity index (χ1) is 9.41. The van der Waals surface area contributed by atoms with Crippen molar-refractivity contribution in [3.05, 3.63) is 35.4 Å². The molecule has 0 spiro atoms. The molecule has 20 heavy (non-hydrogen) atoms. The summed E-state index contributed by atoms with van der Waals surface area (Å²) < 4.78 is 27.1. The fourth-order valence-corrected chi connectivity index (χ4v) is 2.89. The van der Waals surface area contributed by atoms with Crippen molar-refractivity contribution in [3.8, 4) is 0 Å². The molecule has 3 nitrogen and oxygen atoms in total. The van der Waals surface area contributed by atoms with Gasteiger partial charge in [0.25, 0.3) is 0 Å². The van der Waals surface area contributed by atoms with E-state index in [1.807, 2.05) is 11.8 Å². The number of carbonyl (C=O) groups is 1. The van der Waals surface area contributed by atoms with E-state index in [0.29, 0.717) is 25.9 Å². The minimum Gasteiger partial charge on any atom is -0.481 e. The smallest absolute Gasteiger partial charge is 0.310 e. The second kappa shape index (κ2) is 5.48. The summed E-state index contributed by atoms with van der Waals surface area (Å²) in [5.41, 5.74) is -0.486. The third-order valence-electron chi connectivity index (χ3n) is 4.49. The van der Waals surface area contributed by atoms with Crippen LogP contribution in [0.2, 0.25) is 0 Å². The molecule has 2 atom stereocenters. The molecule has 1 aliphatic rings. The predicted molar refractivity (Wildman–Crippen MR) is 71.3 cm³/mol. The summed E-state index contributed by atoms with van der Waals surface area (Å²) in [5.74, 6) is -2.52. The second-order valence-corrected chi connectivity index (χ2v) is 5.48. The van der Waals surface area contributed by atoms with Crippen LogP contribution in [0.3, 0.4) is 0 Å². The van der Waals surface area contributed by atoms with E-state index in [4.69, 9.17) is 0 Å². The van der Waals surface area contributed by atoms with Crippen LogP contribution in [0.5, 0.6) is 0 Å². The van der Waals surface area contributed by atoms with Crippen molar-refractivity contribution in [2.75, 3.05) is 13.1 Å². The van der Waals surface area contributed by atoms with Gasteiger partial charge in [-0.05, 0) is 32.4 Å². The van der Waals surface area contributed by atoms with Gasteiger partial charge in [-0.3, -0.25) is 9.69 Å². The number of hydrogen-bond acceptors (Lipinski definition) is 2. The lowest BCUT2D eigenvalue weighted by Crippen LogP contribution is -2.35. The molecule has 0 aromatic heterocycles. The third kappa shape index (κ3) is 2.42. The average Bonchev–Trinajstić information content (AvgIpc) is 2.87. The summed E-state index contributed by atoms with van der Waals surface area (Å²) in [6, 6.07) is 3.78. The number of benzene rings is 1. The number of carboxylic acids is 1. The van der Waals surface area contributed by atoms with Gasteiger partial charge in [-0.15, -0.1) is 0 Å². The quantitative estimate of drug-likeness (QED) is 0.922. The normalized spacial score (nSPS) is 24.8. The van der Waals surface area contributed by atoms with E-state index < -0.39 is 23.0 Å². The Bertz CT molecular complexity index is 521. The largest absolute Gasteiger partial charge is 0.481 e. The third-order valence-corrected chi connectivity index (χ3v) is 4.49. The molecule has 0 radical (unpaired) electrons. The molecular formula is C15H19F2NO2. The first-order valence-electron chi connectivity index (χ1n) is 6.82. The number of carboxylic acid groups (broad SMARTS) is 1. The first kappa shape index (κ1) is 14.9. The maximum Gasteiger partial charge on any atom is 0.310 e. The fraction of sp³-hybridized carbons (Fsp3) is 0.533. The van der Waals surface area contributed by atoms with E-state index in [9.17, 15) is 18.7 Å². The van der Waals surface area contributed by atoms with Crippen LogP contribution in [0.1, 0.15) is 38.3 Å². The number of aliphatic carboxylic acids is 1. The molecule has 110 valence electrons. The lowest BCUT2D eigenvalue weighted by Gasteiger charge is -2.28. The van der Waals surface area contributed by atoms with Gasteiger partial charge in [0.2, 0.25) is 0 Å². The van der Waals surface area contributed by atoms with Crippen molar-refractivity contribution in [2.45, 2.75) is 32.7 Å². The number of rotatable bonds is 4. The van der Waals surface area contributed by atoms with Crippen LogP contribution in [-0.4, -0.2) is 29.1 Å². The zero-order valence-electron chi connectivity index (χ0n) is 11.7. The Morgan fingerprint density at radius 3 is 2.75 bits per heavy atom. The Labute approximate surface area is 117 Å². The van der Waals surface area contributed by atoms with E-state index in [0.717, 1.165) is 6.07 Å². The lowest BCUT2D eigenvalue weighted by atomic mass is 9.84. The van der Waals surface area contributed by atoms with Gasteiger partial charge in [-0.25, -0.2) is 8.78 Å². The monoisotopic (exact) mass is 283 g/mol. The Kier molecular flexibility index (Phi) is 4.09. The van der Waals surface area contributed by atoms with Gasteiger partial charge in [-0.1, -0.05) is 19.1 Å². The van der Waals surface area contributed by atoms with Crippen molar-refractivity contribution in [1.82, 2.24) is 4.90 Å². The van der Waals surface area contributed by atoms with Crippen LogP contribution in [0.15, 0.2) is 18.2 Å². The molecule has 2 unspecified atom stereocenters. The zero-order valence-corrected chi connectivity index (χ0v) is 11.7. The molecule has 0 amide bonds. The molecule has 0 saturated carbocycles. The first-order valence-corrected chi connectivity index (χ1v) is 6.82. The van der Waals surface area contributed by atoms with Crippen LogP contribution in [-0.2, 0) is 4.79 Å². The number of hydrogen-bond donors (Lipinski definition) is 1. The van der Waals surface area contributed by atoms with Crippen LogP contribution < -0.4 is 0 Å². The van der Waals surface area contributed by atoms with Gasteiger partial charge >= 0.3 is 5.97 Å². The minimum absolute atomic E-state index is 0.280. The SMILES string of the molecule is CCC1(C(=O)O)CCN(C(C)c2cccc(F)c2F)C1. The lowest BCUT2D eigenvalue weighted by molar-refractivity contribution is -0.148. The maximum absolute atomic E-state index is 13.8. The molecule has 2 rings (SSSR count). The van der Waals surface area contributed by atoms with Gasteiger partial charge in [0, 0.05) is 18.2 Å². The molecule has 1 fully saturated rings. The summed E-state index contributed by atoms with van der Waals surface area (Å²) in [5, 5.41) is 9.37. The van der Waals surface area contributed by atoms with E-state index >= 15 is 0 Å². The van der Waals surface area contributed by atoms with Gasteiger partial charge in [0.1, 0.15) is 0 Å². The molecule has 1 N–H and O–H groups in total. The molecular weight excluding hydrogens is 264 g/mol. The Morgan fingerprint density at radius 2 is 2.20 bits per heavy atom. The molecule has 0 aliphatic carbocycles. The predicted octanol–water partition coefficient (Wildman–Crippen LogP) is 3.21. The van der Waals surface area contributed by atoms with Crippen molar-refractivity contribution in [1.29, 1.82) is 0 Å². The van der Waals surface area contributed by atoms with Crippen LogP contribution in [0, 0.1) is 17.0 Å². The molecule has 1 saturated heterocycles. The fourth-order valence-electron chi connectivity index (χ4n) is 2.89. The molecule has 1 aliphatic heterocycles. The summed E-state index contributed by atoms with van der Waals surface area (Å²) >= 11 is 0. The Morgan fingerprint density at radius 1 is 1.50 bits per heavy atom. The van der Waals surface area contributed by atoms with Crippen LogP contribution in [0.4, 0.5) is 8.78 Å². The van der Waals surface area contributed by atoms with Gasteiger partial charge < -0.3 is 5.11 Å². The summed E-state index contributed by atoms with van der Waals surface area (Å²) in [7, 11) is 0. The van der Waals surface area contributed by atoms with Crippen LogP contribution >= 0.6 is 0 Å². The van der Waals surface area contributed by atoms with Crippen molar-refractivity contribution in [2.24, 2.45) is 5.41 Å². The maximum atomic E-state index is 13.8. The van der Waals surface area contributed by atoms with E-state index in [1.165, 1.54) is 6.07 Å². The van der Waals surface area contributed by atoms with Gasteiger partial charge in [0.15, 0.2) is 11.6 Å². The topological polar surface area (TPSA) is 40.5 Å². The summed E-state index contributed by atoms with van der Waals surface area (Å²) in [6.45, 7) is 4.59. The van der Waals surface area contributed by atoms with E-state index in [-0.39, 0.29) is 11.6 Å². The number of likely N-dealkylation sites (tertiary alicyclic amines) is 1. The average molecular weight is 283 g/mol. The van der Waals surface area contributed by atoms with Crippen molar-refractivity contribution >= 4 is 5.97 Å². The highest BCUT2D eigenvalue weighted by Gasteiger charge is 2.44. The Hall–Kier alpha value is -1.49. The highest BCUT2D eigenvalue weighted by Crippen LogP contribution is 2.38. The van der Waals surface area contributed by atoms with E-state index in [1.54, 1.807) is 13.0 Å². The highest BCUT2D eigenvalue weighted by molar-refractivity contribution is 5.75. The van der Waals surface area contributed by atoms with Crippen LogP contribution in [0.25, 0.3) is 0 Å². The summed E-state index contributed by atoms with van der Waals surface area (Å²) in [6.07, 6.45) is 1.08. The highest BCUT2D eigenvalue weighted by atomic mass is 19.2. The van der Waals surface area contributed by atoms with Gasteiger partial charge in [-0.2, -0.15) is 0 Å². The number of nitrogens with zero attached hydrogens (tertiary/aromatic N) is 1. The molecule has 1 aromatic rings. The van der Waals surface area contributed by atoms with Crippen molar-refractivity contribution < 1.29 is 18.7 Å². The summed E-state index contributed by atoms with van der Waals surface area (Å²) in [4.78, 5) is 13.3. The molecule has 1 heterocycles. The zero-order chi connectivity index (χ0) is 14.9. The van der Waals surface area contributed by atoms with Crippen molar-refractivity contribution in [3.63, 3.8) is 0 Å². The molecule has 1 aromatic carbocycles. The van der Waals surface area contributed by atoms with Gasteiger partial charge in [0.05, 0.1) is 5.41 Å².